The number of piperazine rings is 1. The Balaban J connectivity index is 1.81. The lowest BCUT2D eigenvalue weighted by molar-refractivity contribution is 0.100. The van der Waals surface area contributed by atoms with E-state index < -0.39 is 5.91 Å². The third kappa shape index (κ3) is 4.81. The van der Waals surface area contributed by atoms with Crippen LogP contribution in [0.2, 0.25) is 10.0 Å². The number of nitrogens with one attached hydrogen (secondary N) is 1. The summed E-state index contributed by atoms with van der Waals surface area (Å²) in [4.78, 5) is 21.5. The van der Waals surface area contributed by atoms with E-state index in [1.165, 1.54) is 6.20 Å². The number of nitrogens with two attached hydrogens (primary N) is 1. The number of hydrogen-bond acceptors (Lipinski definition) is 6. The highest BCUT2D eigenvalue weighted by atomic mass is 35.5. The number of anilines is 3. The standard InChI is InChI=1S/C24H27Cl2N5O2/c1-14(2)30-6-8-31(9-7-30)21-11-16-20(12-22(21)33-3)28-13-17(24(27)32)23(16)29-15-4-5-18(25)19(26)10-15/h4-5,10-14H,6-9H2,1-3H3,(H2,27,32)(H,28,29). The normalized spacial score (nSPS) is 14.7. The van der Waals surface area contributed by atoms with Gasteiger partial charge in [0.1, 0.15) is 5.75 Å². The molecule has 4 rings (SSSR count). The molecule has 3 aromatic rings. The van der Waals surface area contributed by atoms with Crippen LogP contribution >= 0.6 is 23.2 Å². The first-order valence-corrected chi connectivity index (χ1v) is 11.6. The Labute approximate surface area is 203 Å². The maximum atomic E-state index is 12.2. The Hall–Kier alpha value is -2.74. The maximum Gasteiger partial charge on any atom is 0.252 e. The zero-order valence-electron chi connectivity index (χ0n) is 18.9. The highest BCUT2D eigenvalue weighted by Gasteiger charge is 2.23. The van der Waals surface area contributed by atoms with Crippen LogP contribution in [0.1, 0.15) is 24.2 Å². The Morgan fingerprint density at radius 2 is 1.85 bits per heavy atom. The SMILES string of the molecule is COc1cc2ncc(C(N)=O)c(Nc3ccc(Cl)c(Cl)c3)c2cc1N1CCN(C(C)C)CC1. The Kier molecular flexibility index (Phi) is 6.83. The van der Waals surface area contributed by atoms with Crippen molar-refractivity contribution in [3.8, 4) is 5.75 Å². The molecule has 0 aliphatic carbocycles. The molecule has 1 fully saturated rings. The van der Waals surface area contributed by atoms with Crippen LogP contribution in [0.4, 0.5) is 17.1 Å². The summed E-state index contributed by atoms with van der Waals surface area (Å²) in [6.07, 6.45) is 1.48. The smallest absolute Gasteiger partial charge is 0.252 e. The van der Waals surface area contributed by atoms with Crippen molar-refractivity contribution in [3.63, 3.8) is 0 Å². The van der Waals surface area contributed by atoms with Crippen molar-refractivity contribution in [2.75, 3.05) is 43.5 Å². The van der Waals surface area contributed by atoms with E-state index in [-0.39, 0.29) is 5.56 Å². The van der Waals surface area contributed by atoms with Crippen molar-refractivity contribution in [1.29, 1.82) is 0 Å². The zero-order chi connectivity index (χ0) is 23.7. The van der Waals surface area contributed by atoms with Crippen molar-refractivity contribution in [3.05, 3.63) is 52.1 Å². The molecule has 0 spiro atoms. The number of benzene rings is 2. The van der Waals surface area contributed by atoms with Gasteiger partial charge in [-0.15, -0.1) is 0 Å². The molecule has 0 radical (unpaired) electrons. The first-order chi connectivity index (χ1) is 15.8. The molecule has 0 bridgehead atoms. The van der Waals surface area contributed by atoms with E-state index in [9.17, 15) is 4.79 Å². The van der Waals surface area contributed by atoms with Gasteiger partial charge in [0.05, 0.1) is 39.6 Å². The number of hydrogen-bond donors (Lipinski definition) is 2. The van der Waals surface area contributed by atoms with Gasteiger partial charge in [-0.25, -0.2) is 0 Å². The number of primary amides is 1. The average molecular weight is 488 g/mol. The van der Waals surface area contributed by atoms with Crippen molar-refractivity contribution in [1.82, 2.24) is 9.88 Å². The summed E-state index contributed by atoms with van der Waals surface area (Å²) in [5.74, 6) is 0.162. The molecule has 2 heterocycles. The summed E-state index contributed by atoms with van der Waals surface area (Å²) in [6, 6.07) is 9.61. The molecule has 2 aromatic carbocycles. The van der Waals surface area contributed by atoms with Gasteiger partial charge in [0.25, 0.3) is 5.91 Å². The number of fused-ring (bicyclic) bond motifs is 1. The molecule has 7 nitrogen and oxygen atoms in total. The number of aromatic nitrogens is 1. The topological polar surface area (TPSA) is 83.7 Å². The lowest BCUT2D eigenvalue weighted by atomic mass is 10.1. The van der Waals surface area contributed by atoms with Gasteiger partial charge in [0.15, 0.2) is 0 Å². The van der Waals surface area contributed by atoms with Gasteiger partial charge in [0.2, 0.25) is 0 Å². The van der Waals surface area contributed by atoms with E-state index in [1.807, 2.05) is 12.1 Å². The quantitative estimate of drug-likeness (QED) is 0.513. The van der Waals surface area contributed by atoms with Crippen LogP contribution in [0.5, 0.6) is 5.75 Å². The van der Waals surface area contributed by atoms with Gasteiger partial charge in [-0.05, 0) is 38.1 Å². The van der Waals surface area contributed by atoms with Crippen LogP contribution < -0.4 is 20.7 Å². The third-order valence-corrected chi connectivity index (χ3v) is 6.75. The van der Waals surface area contributed by atoms with E-state index in [0.717, 1.165) is 43.0 Å². The minimum atomic E-state index is -0.574. The second-order valence-electron chi connectivity index (χ2n) is 8.32. The summed E-state index contributed by atoms with van der Waals surface area (Å²) in [7, 11) is 1.65. The fraction of sp³-hybridized carbons (Fsp3) is 0.333. The third-order valence-electron chi connectivity index (χ3n) is 6.01. The van der Waals surface area contributed by atoms with Gasteiger partial charge >= 0.3 is 0 Å². The van der Waals surface area contributed by atoms with Gasteiger partial charge in [-0.2, -0.15) is 0 Å². The fourth-order valence-electron chi connectivity index (χ4n) is 4.14. The second kappa shape index (κ2) is 9.63. The number of halogens is 2. The number of carbonyl (C=O) groups excluding carboxylic acids is 1. The number of methoxy groups -OCH3 is 1. The molecular weight excluding hydrogens is 461 g/mol. The number of ether oxygens (including phenoxy) is 1. The molecule has 0 saturated carbocycles. The molecule has 1 aromatic heterocycles. The van der Waals surface area contributed by atoms with Gasteiger partial charge in [-0.1, -0.05) is 23.2 Å². The lowest BCUT2D eigenvalue weighted by Crippen LogP contribution is -2.49. The van der Waals surface area contributed by atoms with Crippen LogP contribution in [-0.2, 0) is 0 Å². The van der Waals surface area contributed by atoms with Crippen LogP contribution in [-0.4, -0.2) is 55.1 Å². The van der Waals surface area contributed by atoms with E-state index in [1.54, 1.807) is 25.3 Å². The van der Waals surface area contributed by atoms with Crippen molar-refractivity contribution >= 4 is 57.1 Å². The van der Waals surface area contributed by atoms with Crippen molar-refractivity contribution in [2.45, 2.75) is 19.9 Å². The van der Waals surface area contributed by atoms with Gasteiger partial charge in [-0.3, -0.25) is 14.7 Å². The van der Waals surface area contributed by atoms with E-state index >= 15 is 0 Å². The minimum absolute atomic E-state index is 0.286. The molecule has 3 N–H and O–H groups in total. The number of pyridine rings is 1. The van der Waals surface area contributed by atoms with E-state index in [2.05, 4.69) is 33.9 Å². The highest BCUT2D eigenvalue weighted by Crippen LogP contribution is 2.38. The van der Waals surface area contributed by atoms with Crippen LogP contribution in [0.3, 0.4) is 0 Å². The summed E-state index contributed by atoms with van der Waals surface area (Å²) in [5.41, 5.74) is 8.86. The fourth-order valence-corrected chi connectivity index (χ4v) is 4.44. The molecule has 1 amide bonds. The average Bonchev–Trinajstić information content (AvgIpc) is 2.80. The van der Waals surface area contributed by atoms with Crippen LogP contribution in [0.15, 0.2) is 36.5 Å². The van der Waals surface area contributed by atoms with E-state index in [0.29, 0.717) is 33.0 Å². The number of amides is 1. The maximum absolute atomic E-state index is 12.2. The van der Waals surface area contributed by atoms with Crippen molar-refractivity contribution < 1.29 is 9.53 Å². The van der Waals surface area contributed by atoms with E-state index in [4.69, 9.17) is 33.7 Å². The predicted octanol–water partition coefficient (Wildman–Crippen LogP) is 4.92. The first kappa shape index (κ1) is 23.4. The highest BCUT2D eigenvalue weighted by molar-refractivity contribution is 6.42. The first-order valence-electron chi connectivity index (χ1n) is 10.8. The Morgan fingerprint density at radius 1 is 1.12 bits per heavy atom. The Bertz CT molecular complexity index is 1190. The predicted molar refractivity (Wildman–Crippen MR) is 135 cm³/mol. The molecule has 33 heavy (non-hydrogen) atoms. The van der Waals surface area contributed by atoms with Gasteiger partial charge in [0, 0.05) is 55.6 Å². The van der Waals surface area contributed by atoms with Gasteiger partial charge < -0.3 is 20.7 Å². The molecule has 0 unspecified atom stereocenters. The second-order valence-corrected chi connectivity index (χ2v) is 9.14. The van der Waals surface area contributed by atoms with Crippen LogP contribution in [0, 0.1) is 0 Å². The minimum Gasteiger partial charge on any atom is -0.495 e. The molecule has 1 aliphatic heterocycles. The monoisotopic (exact) mass is 487 g/mol. The molecule has 1 saturated heterocycles. The summed E-state index contributed by atoms with van der Waals surface area (Å²) in [5, 5.41) is 4.92. The summed E-state index contributed by atoms with van der Waals surface area (Å²) < 4.78 is 5.71. The summed E-state index contributed by atoms with van der Waals surface area (Å²) in [6.45, 7) is 8.10. The molecular formula is C24H27Cl2N5O2. The van der Waals surface area contributed by atoms with Crippen LogP contribution in [0.25, 0.3) is 10.9 Å². The molecule has 0 atom stereocenters. The molecule has 1 aliphatic rings. The van der Waals surface area contributed by atoms with Crippen molar-refractivity contribution in [2.24, 2.45) is 5.73 Å². The number of nitrogens with zero attached hydrogens (tertiary/aromatic N) is 3. The lowest BCUT2D eigenvalue weighted by Gasteiger charge is -2.38. The zero-order valence-corrected chi connectivity index (χ0v) is 20.4. The molecule has 9 heteroatoms. The Morgan fingerprint density at radius 3 is 2.45 bits per heavy atom. The molecule has 174 valence electrons. The summed E-state index contributed by atoms with van der Waals surface area (Å²) >= 11 is 12.3. The largest absolute Gasteiger partial charge is 0.495 e. The number of rotatable bonds is 6. The number of carbonyl (C=O) groups is 1.